The van der Waals surface area contributed by atoms with Crippen LogP contribution in [0.3, 0.4) is 0 Å². The Hall–Kier alpha value is -3.14. The minimum atomic E-state index is 0.0119. The van der Waals surface area contributed by atoms with E-state index in [4.69, 9.17) is 0 Å². The minimum absolute atomic E-state index is 0.0119. The molecule has 4 heteroatoms. The van der Waals surface area contributed by atoms with E-state index in [2.05, 4.69) is 47.6 Å². The molecule has 3 aromatic rings. The molecular weight excluding hydrogens is 346 g/mol. The Labute approximate surface area is 166 Å². The van der Waals surface area contributed by atoms with E-state index in [1.807, 2.05) is 35.2 Å². The summed E-state index contributed by atoms with van der Waals surface area (Å²) < 4.78 is 0. The van der Waals surface area contributed by atoms with Crippen molar-refractivity contribution in [2.24, 2.45) is 0 Å². The van der Waals surface area contributed by atoms with E-state index >= 15 is 0 Å². The van der Waals surface area contributed by atoms with E-state index in [0.29, 0.717) is 5.56 Å². The standard InChI is InChI=1S/C24H25N3O/c1-18-14-20-11-5-6-12-23(20)27(18)24(28)21-15-22(17-25-16-21)26-13-7-10-19-8-3-2-4-9-19/h2-6,8-9,11-12,15-18,26H,7,10,13-14H2,1H3. The second kappa shape index (κ2) is 8.26. The summed E-state index contributed by atoms with van der Waals surface area (Å²) in [4.78, 5) is 19.3. The van der Waals surface area contributed by atoms with Crippen molar-refractivity contribution in [1.29, 1.82) is 0 Å². The number of hydrogen-bond donors (Lipinski definition) is 1. The molecule has 4 rings (SSSR count). The number of carbonyl (C=O) groups excluding carboxylic acids is 1. The van der Waals surface area contributed by atoms with E-state index in [1.165, 1.54) is 11.1 Å². The van der Waals surface area contributed by atoms with Gasteiger partial charge in [0.25, 0.3) is 5.91 Å². The minimum Gasteiger partial charge on any atom is -0.384 e. The highest BCUT2D eigenvalue weighted by Crippen LogP contribution is 2.33. The molecule has 1 N–H and O–H groups in total. The van der Waals surface area contributed by atoms with E-state index in [0.717, 1.165) is 37.2 Å². The number of hydrogen-bond acceptors (Lipinski definition) is 3. The van der Waals surface area contributed by atoms with Gasteiger partial charge in [-0.25, -0.2) is 0 Å². The maximum Gasteiger partial charge on any atom is 0.260 e. The highest BCUT2D eigenvalue weighted by atomic mass is 16.2. The van der Waals surface area contributed by atoms with Crippen molar-refractivity contribution in [3.8, 4) is 0 Å². The summed E-state index contributed by atoms with van der Waals surface area (Å²) in [6, 6.07) is 20.7. The van der Waals surface area contributed by atoms with Gasteiger partial charge in [0.15, 0.2) is 0 Å². The third-order valence-corrected chi connectivity index (χ3v) is 5.23. The van der Waals surface area contributed by atoms with Crippen LogP contribution in [0.4, 0.5) is 11.4 Å². The monoisotopic (exact) mass is 371 g/mol. The molecule has 28 heavy (non-hydrogen) atoms. The van der Waals surface area contributed by atoms with Crippen LogP contribution in [0.15, 0.2) is 73.1 Å². The van der Waals surface area contributed by atoms with Crippen molar-refractivity contribution >= 4 is 17.3 Å². The van der Waals surface area contributed by atoms with Crippen LogP contribution in [-0.2, 0) is 12.8 Å². The first-order chi connectivity index (χ1) is 13.7. The van der Waals surface area contributed by atoms with Crippen LogP contribution in [-0.4, -0.2) is 23.5 Å². The SMILES string of the molecule is CC1Cc2ccccc2N1C(=O)c1cncc(NCCCc2ccccc2)c1. The number of anilines is 2. The Morgan fingerprint density at radius 3 is 2.75 bits per heavy atom. The molecule has 1 aliphatic heterocycles. The van der Waals surface area contributed by atoms with Crippen LogP contribution in [0.5, 0.6) is 0 Å². The van der Waals surface area contributed by atoms with Crippen LogP contribution in [0.25, 0.3) is 0 Å². The fraction of sp³-hybridized carbons (Fsp3) is 0.250. The molecule has 0 fully saturated rings. The van der Waals surface area contributed by atoms with Crippen LogP contribution >= 0.6 is 0 Å². The first-order valence-corrected chi connectivity index (χ1v) is 9.86. The fourth-order valence-corrected chi connectivity index (χ4v) is 3.84. The zero-order chi connectivity index (χ0) is 19.3. The number of fused-ring (bicyclic) bond motifs is 1. The molecular formula is C24H25N3O. The second-order valence-electron chi connectivity index (χ2n) is 7.34. The molecule has 1 atom stereocenters. The summed E-state index contributed by atoms with van der Waals surface area (Å²) in [6.45, 7) is 2.94. The van der Waals surface area contributed by atoms with Crippen LogP contribution < -0.4 is 10.2 Å². The summed E-state index contributed by atoms with van der Waals surface area (Å²) in [7, 11) is 0. The van der Waals surface area contributed by atoms with Crippen molar-refractivity contribution in [1.82, 2.24) is 4.98 Å². The molecule has 1 aromatic heterocycles. The Morgan fingerprint density at radius 1 is 1.11 bits per heavy atom. The zero-order valence-corrected chi connectivity index (χ0v) is 16.1. The Kier molecular flexibility index (Phi) is 5.38. The predicted octanol–water partition coefficient (Wildman–Crippen LogP) is 4.72. The molecule has 2 heterocycles. The van der Waals surface area contributed by atoms with Gasteiger partial charge in [-0.15, -0.1) is 0 Å². The Bertz CT molecular complexity index is 955. The molecule has 0 saturated carbocycles. The van der Waals surface area contributed by atoms with E-state index in [9.17, 15) is 4.79 Å². The van der Waals surface area contributed by atoms with Gasteiger partial charge in [-0.3, -0.25) is 9.78 Å². The molecule has 0 bridgehead atoms. The lowest BCUT2D eigenvalue weighted by Crippen LogP contribution is -2.35. The van der Waals surface area contributed by atoms with Crippen LogP contribution in [0.1, 0.15) is 34.8 Å². The molecule has 1 amide bonds. The average Bonchev–Trinajstić information content (AvgIpc) is 3.07. The first kappa shape index (κ1) is 18.2. The van der Waals surface area contributed by atoms with Crippen LogP contribution in [0.2, 0.25) is 0 Å². The van der Waals surface area contributed by atoms with Crippen molar-refractivity contribution in [2.75, 3.05) is 16.8 Å². The molecule has 2 aromatic carbocycles. The summed E-state index contributed by atoms with van der Waals surface area (Å²) in [5.41, 5.74) is 5.09. The summed E-state index contributed by atoms with van der Waals surface area (Å²) in [5.74, 6) is 0.0119. The summed E-state index contributed by atoms with van der Waals surface area (Å²) >= 11 is 0. The van der Waals surface area contributed by atoms with Crippen molar-refractivity contribution < 1.29 is 4.79 Å². The molecule has 142 valence electrons. The van der Waals surface area contributed by atoms with Gasteiger partial charge in [-0.1, -0.05) is 48.5 Å². The number of pyridine rings is 1. The number of benzene rings is 2. The van der Waals surface area contributed by atoms with Gasteiger partial charge in [0.2, 0.25) is 0 Å². The highest BCUT2D eigenvalue weighted by molar-refractivity contribution is 6.08. The third kappa shape index (κ3) is 3.91. The predicted molar refractivity (Wildman–Crippen MR) is 114 cm³/mol. The highest BCUT2D eigenvalue weighted by Gasteiger charge is 2.31. The molecule has 0 saturated heterocycles. The first-order valence-electron chi connectivity index (χ1n) is 9.86. The number of para-hydroxylation sites is 1. The second-order valence-corrected chi connectivity index (χ2v) is 7.34. The van der Waals surface area contributed by atoms with E-state index < -0.39 is 0 Å². The smallest absolute Gasteiger partial charge is 0.260 e. The number of nitrogens with zero attached hydrogens (tertiary/aromatic N) is 2. The Morgan fingerprint density at radius 2 is 1.89 bits per heavy atom. The van der Waals surface area contributed by atoms with Gasteiger partial charge in [0, 0.05) is 30.7 Å². The number of aromatic nitrogens is 1. The molecule has 0 radical (unpaired) electrons. The summed E-state index contributed by atoms with van der Waals surface area (Å²) in [6.07, 6.45) is 6.39. The van der Waals surface area contributed by atoms with Crippen molar-refractivity contribution in [3.05, 3.63) is 89.7 Å². The maximum absolute atomic E-state index is 13.1. The molecule has 1 unspecified atom stereocenters. The lowest BCUT2D eigenvalue weighted by molar-refractivity contribution is 0.0981. The molecule has 1 aliphatic rings. The average molecular weight is 371 g/mol. The zero-order valence-electron chi connectivity index (χ0n) is 16.1. The van der Waals surface area contributed by atoms with Crippen molar-refractivity contribution in [3.63, 3.8) is 0 Å². The number of rotatable bonds is 6. The topological polar surface area (TPSA) is 45.2 Å². The van der Waals surface area contributed by atoms with Crippen molar-refractivity contribution in [2.45, 2.75) is 32.2 Å². The largest absolute Gasteiger partial charge is 0.384 e. The number of carbonyl (C=O) groups is 1. The lowest BCUT2D eigenvalue weighted by atomic mass is 10.1. The number of amides is 1. The van der Waals surface area contributed by atoms with E-state index in [-0.39, 0.29) is 11.9 Å². The van der Waals surface area contributed by atoms with Gasteiger partial charge in [-0.05, 0) is 49.4 Å². The van der Waals surface area contributed by atoms with Gasteiger partial charge in [-0.2, -0.15) is 0 Å². The normalized spacial score (nSPS) is 15.3. The van der Waals surface area contributed by atoms with Gasteiger partial charge >= 0.3 is 0 Å². The van der Waals surface area contributed by atoms with Gasteiger partial charge in [0.1, 0.15) is 0 Å². The quantitative estimate of drug-likeness (QED) is 0.638. The summed E-state index contributed by atoms with van der Waals surface area (Å²) in [5, 5.41) is 3.40. The molecule has 0 spiro atoms. The van der Waals surface area contributed by atoms with Crippen LogP contribution in [0, 0.1) is 0 Å². The Balaban J connectivity index is 1.40. The third-order valence-electron chi connectivity index (χ3n) is 5.23. The molecule has 4 nitrogen and oxygen atoms in total. The number of aryl methyl sites for hydroxylation is 1. The molecule has 0 aliphatic carbocycles. The van der Waals surface area contributed by atoms with E-state index in [1.54, 1.807) is 12.4 Å². The lowest BCUT2D eigenvalue weighted by Gasteiger charge is -2.23. The van der Waals surface area contributed by atoms with Gasteiger partial charge in [0.05, 0.1) is 11.3 Å². The fourth-order valence-electron chi connectivity index (χ4n) is 3.84. The number of nitrogens with one attached hydrogen (secondary N) is 1. The van der Waals surface area contributed by atoms with Gasteiger partial charge < -0.3 is 10.2 Å². The maximum atomic E-state index is 13.1.